The summed E-state index contributed by atoms with van der Waals surface area (Å²) >= 11 is 0. The summed E-state index contributed by atoms with van der Waals surface area (Å²) < 4.78 is 66.8. The molecule has 2 aromatic carbocycles. The van der Waals surface area contributed by atoms with Crippen LogP contribution in [0, 0.1) is 0 Å². The average molecular weight is 494 g/mol. The molecule has 1 N–H and O–H groups in total. The average Bonchev–Trinajstić information content (AvgIpc) is 3.29. The molecule has 1 aliphatic heterocycles. The first-order valence-corrected chi connectivity index (χ1v) is 11.7. The van der Waals surface area contributed by atoms with Crippen molar-refractivity contribution in [2.24, 2.45) is 0 Å². The first-order valence-electron chi connectivity index (χ1n) is 10.3. The topological polar surface area (TPSA) is 87.7 Å². The number of anilines is 3. The van der Waals surface area contributed by atoms with Crippen molar-refractivity contribution in [1.29, 1.82) is 0 Å². The van der Waals surface area contributed by atoms with Crippen LogP contribution in [0.15, 0.2) is 65.7 Å². The van der Waals surface area contributed by atoms with E-state index >= 15 is 0 Å². The van der Waals surface area contributed by atoms with Crippen molar-refractivity contribution in [2.45, 2.75) is 23.5 Å². The van der Waals surface area contributed by atoms with E-state index in [4.69, 9.17) is 4.84 Å². The summed E-state index contributed by atoms with van der Waals surface area (Å²) in [5, 5.41) is 4.01. The Morgan fingerprint density at radius 2 is 1.76 bits per heavy atom. The lowest BCUT2D eigenvalue weighted by Crippen LogP contribution is -2.26. The highest BCUT2D eigenvalue weighted by atomic mass is 32.2. The smallest absolute Gasteiger partial charge is 0.324 e. The molecule has 180 valence electrons. The molecule has 0 radical (unpaired) electrons. The minimum atomic E-state index is -4.69. The molecule has 0 aliphatic carbocycles. The van der Waals surface area contributed by atoms with Crippen LogP contribution in [0.1, 0.15) is 23.6 Å². The molecule has 1 atom stereocenters. The third kappa shape index (κ3) is 4.83. The van der Waals surface area contributed by atoms with E-state index in [-0.39, 0.29) is 17.5 Å². The van der Waals surface area contributed by atoms with Crippen molar-refractivity contribution in [3.63, 3.8) is 0 Å². The lowest BCUT2D eigenvalue weighted by atomic mass is 10.0. The Labute approximate surface area is 195 Å². The predicted molar refractivity (Wildman–Crippen MR) is 120 cm³/mol. The van der Waals surface area contributed by atoms with Crippen LogP contribution in [-0.2, 0) is 21.0 Å². The molecule has 0 bridgehead atoms. The number of rotatable bonds is 6. The van der Waals surface area contributed by atoms with Crippen molar-refractivity contribution < 1.29 is 26.4 Å². The summed E-state index contributed by atoms with van der Waals surface area (Å²) in [5.74, 6) is -0.489. The lowest BCUT2D eigenvalue weighted by molar-refractivity contribution is -0.138. The molecule has 0 unspecified atom stereocenters. The molecule has 0 spiro atoms. The zero-order valence-electron chi connectivity index (χ0n) is 18.3. The van der Waals surface area contributed by atoms with Gasteiger partial charge in [-0.05, 0) is 29.8 Å². The van der Waals surface area contributed by atoms with Gasteiger partial charge in [-0.2, -0.15) is 18.2 Å². The van der Waals surface area contributed by atoms with E-state index in [2.05, 4.69) is 15.3 Å². The molecule has 34 heavy (non-hydrogen) atoms. The Hall–Kier alpha value is -3.22. The normalized spacial score (nSPS) is 16.8. The standard InChI is InChI=1S/C22H22F3N5O3S/c1-29(2)34(31,32)17-10-8-16(9-11-17)27-21-26-14-18(22(23,24)25)20(28-21)30-19(12-13-33-30)15-6-4-3-5-7-15/h3-11,14,19H,12-13H2,1-2H3,(H,26,27,28)/t19-/m0/s1. The van der Waals surface area contributed by atoms with Gasteiger partial charge in [0, 0.05) is 32.4 Å². The van der Waals surface area contributed by atoms with Gasteiger partial charge < -0.3 is 5.32 Å². The van der Waals surface area contributed by atoms with E-state index in [0.29, 0.717) is 18.3 Å². The van der Waals surface area contributed by atoms with Gasteiger partial charge in [0.15, 0.2) is 5.82 Å². The van der Waals surface area contributed by atoms with Crippen molar-refractivity contribution in [3.05, 3.63) is 71.9 Å². The minimum Gasteiger partial charge on any atom is -0.324 e. The number of hydroxylamine groups is 1. The van der Waals surface area contributed by atoms with Crippen LogP contribution >= 0.6 is 0 Å². The molecule has 1 fully saturated rings. The van der Waals surface area contributed by atoms with Crippen LogP contribution in [0.4, 0.5) is 30.6 Å². The molecule has 12 heteroatoms. The van der Waals surface area contributed by atoms with E-state index in [1.54, 1.807) is 0 Å². The minimum absolute atomic E-state index is 0.0771. The van der Waals surface area contributed by atoms with Crippen LogP contribution < -0.4 is 10.4 Å². The number of alkyl halides is 3. The van der Waals surface area contributed by atoms with Gasteiger partial charge in [-0.3, -0.25) is 4.84 Å². The summed E-state index contributed by atoms with van der Waals surface area (Å²) in [6.45, 7) is 0.242. The Morgan fingerprint density at radius 3 is 2.38 bits per heavy atom. The molecule has 1 saturated heterocycles. The number of halogens is 3. The summed E-state index contributed by atoms with van der Waals surface area (Å²) in [6.07, 6.45) is -3.49. The van der Waals surface area contributed by atoms with Crippen LogP contribution in [0.25, 0.3) is 0 Å². The molecule has 4 rings (SSSR count). The molecule has 0 saturated carbocycles. The Kier molecular flexibility index (Phi) is 6.47. The van der Waals surface area contributed by atoms with E-state index < -0.39 is 33.6 Å². The van der Waals surface area contributed by atoms with Gasteiger partial charge >= 0.3 is 6.18 Å². The third-order valence-electron chi connectivity index (χ3n) is 5.26. The van der Waals surface area contributed by atoms with E-state index in [1.807, 2.05) is 30.3 Å². The first kappa shape index (κ1) is 23.9. The second-order valence-electron chi connectivity index (χ2n) is 7.74. The summed E-state index contributed by atoms with van der Waals surface area (Å²) in [5.41, 5.74) is 0.192. The number of benzene rings is 2. The fraction of sp³-hybridized carbons (Fsp3) is 0.273. The quantitative estimate of drug-likeness (QED) is 0.546. The Bertz CT molecular complexity index is 1250. The van der Waals surface area contributed by atoms with Gasteiger partial charge in [-0.25, -0.2) is 22.8 Å². The van der Waals surface area contributed by atoms with Gasteiger partial charge in [0.05, 0.1) is 17.5 Å². The highest BCUT2D eigenvalue weighted by Crippen LogP contribution is 2.41. The maximum absolute atomic E-state index is 13.8. The summed E-state index contributed by atoms with van der Waals surface area (Å²) in [7, 11) is -0.775. The number of aromatic nitrogens is 2. The van der Waals surface area contributed by atoms with Crippen LogP contribution in [0.2, 0.25) is 0 Å². The highest BCUT2D eigenvalue weighted by molar-refractivity contribution is 7.89. The van der Waals surface area contributed by atoms with Gasteiger partial charge in [0.2, 0.25) is 16.0 Å². The van der Waals surface area contributed by atoms with Crippen molar-refractivity contribution in [2.75, 3.05) is 31.1 Å². The molecular weight excluding hydrogens is 471 g/mol. The summed E-state index contributed by atoms with van der Waals surface area (Å²) in [6, 6.07) is 14.4. The molecule has 1 aliphatic rings. The molecule has 2 heterocycles. The zero-order chi connectivity index (χ0) is 24.5. The monoisotopic (exact) mass is 493 g/mol. The predicted octanol–water partition coefficient (Wildman–Crippen LogP) is 4.37. The number of hydrogen-bond acceptors (Lipinski definition) is 7. The molecule has 8 nitrogen and oxygen atoms in total. The van der Waals surface area contributed by atoms with E-state index in [9.17, 15) is 21.6 Å². The van der Waals surface area contributed by atoms with Gasteiger partial charge in [0.25, 0.3) is 0 Å². The van der Waals surface area contributed by atoms with Crippen LogP contribution in [0.3, 0.4) is 0 Å². The lowest BCUT2D eigenvalue weighted by Gasteiger charge is -2.26. The highest BCUT2D eigenvalue weighted by Gasteiger charge is 2.40. The number of nitrogens with one attached hydrogen (secondary N) is 1. The van der Waals surface area contributed by atoms with Gasteiger partial charge in [0.1, 0.15) is 5.56 Å². The second-order valence-corrected chi connectivity index (χ2v) is 9.89. The Balaban J connectivity index is 1.66. The molecular formula is C22H22F3N5O3S. The Morgan fingerprint density at radius 1 is 1.09 bits per heavy atom. The molecule has 1 aromatic heterocycles. The number of nitrogens with zero attached hydrogens (tertiary/aromatic N) is 4. The maximum atomic E-state index is 13.8. The molecule has 3 aromatic rings. The van der Waals surface area contributed by atoms with Gasteiger partial charge in [-0.1, -0.05) is 30.3 Å². The third-order valence-corrected chi connectivity index (χ3v) is 7.09. The van der Waals surface area contributed by atoms with Crippen molar-refractivity contribution >= 4 is 27.5 Å². The van der Waals surface area contributed by atoms with E-state index in [1.165, 1.54) is 43.4 Å². The SMILES string of the molecule is CN(C)S(=O)(=O)c1ccc(Nc2ncc(C(F)(F)F)c(N3OCC[C@H]3c3ccccc3)n2)cc1. The van der Waals surface area contributed by atoms with Crippen LogP contribution in [0.5, 0.6) is 0 Å². The fourth-order valence-corrected chi connectivity index (χ4v) is 4.41. The maximum Gasteiger partial charge on any atom is 0.421 e. The van der Waals surface area contributed by atoms with Crippen molar-refractivity contribution in [1.82, 2.24) is 14.3 Å². The van der Waals surface area contributed by atoms with Gasteiger partial charge in [-0.15, -0.1) is 0 Å². The number of sulfonamides is 1. The fourth-order valence-electron chi connectivity index (χ4n) is 3.51. The number of hydrogen-bond donors (Lipinski definition) is 1. The largest absolute Gasteiger partial charge is 0.421 e. The second kappa shape index (κ2) is 9.20. The first-order chi connectivity index (χ1) is 16.1. The summed E-state index contributed by atoms with van der Waals surface area (Å²) in [4.78, 5) is 13.6. The van der Waals surface area contributed by atoms with Crippen molar-refractivity contribution in [3.8, 4) is 0 Å². The molecule has 0 amide bonds. The van der Waals surface area contributed by atoms with E-state index in [0.717, 1.165) is 9.87 Å². The van der Waals surface area contributed by atoms with Crippen LogP contribution in [-0.4, -0.2) is 43.4 Å². The zero-order valence-corrected chi connectivity index (χ0v) is 19.1.